The van der Waals surface area contributed by atoms with Crippen LogP contribution in [0.3, 0.4) is 0 Å². The van der Waals surface area contributed by atoms with E-state index in [4.69, 9.17) is 24.2 Å². The van der Waals surface area contributed by atoms with E-state index in [2.05, 4.69) is 218 Å². The number of aliphatic hydroxyl groups is 1. The Morgan fingerprint density at radius 1 is 0.397 bits per heavy atom. The molecule has 0 radical (unpaired) electrons. The van der Waals surface area contributed by atoms with Crippen LogP contribution in [0.25, 0.3) is 51.7 Å². The van der Waals surface area contributed by atoms with E-state index in [9.17, 15) is 33.5 Å². The van der Waals surface area contributed by atoms with Gasteiger partial charge in [-0.3, -0.25) is 28.9 Å². The Bertz CT molecular complexity index is 7190. The molecule has 0 spiro atoms. The van der Waals surface area contributed by atoms with Gasteiger partial charge in [0.15, 0.2) is 54.1 Å². The number of morpholine rings is 1. The molecule has 0 saturated carbocycles. The minimum atomic E-state index is -0.241. The third kappa shape index (κ3) is 22.1. The van der Waals surface area contributed by atoms with E-state index < -0.39 is 0 Å². The average molecular weight is 2070 g/mol. The molecule has 4 atom stereocenters. The highest BCUT2D eigenvalue weighted by molar-refractivity contribution is 7.21. The van der Waals surface area contributed by atoms with Crippen LogP contribution in [0.1, 0.15) is 159 Å². The molecular weight excluding hydrogens is 1950 g/mol. The van der Waals surface area contributed by atoms with E-state index in [1.165, 1.54) is 115 Å². The average Bonchev–Trinajstić information content (AvgIpc) is 1.69. The van der Waals surface area contributed by atoms with Crippen LogP contribution >= 0.6 is 56.7 Å². The molecular formula is C102H114FN29O9S5. The summed E-state index contributed by atoms with van der Waals surface area (Å²) < 4.78 is 29.8. The van der Waals surface area contributed by atoms with Gasteiger partial charge < -0.3 is 85.5 Å². The molecule has 19 heterocycles. The van der Waals surface area contributed by atoms with Gasteiger partial charge in [-0.1, -0.05) is 136 Å². The number of aromatic nitrogens is 15. The Morgan fingerprint density at radius 3 is 1.17 bits per heavy atom. The van der Waals surface area contributed by atoms with Crippen LogP contribution in [0.4, 0.5) is 61.9 Å². The number of nitrogens with zero attached hydrogens (tertiary/aromatic N) is 23. The number of rotatable bonds is 24. The molecule has 10 aromatic heterocycles. The van der Waals surface area contributed by atoms with Crippen molar-refractivity contribution < 1.29 is 47.7 Å². The smallest absolute Gasteiger partial charge is 0.280 e. The fourth-order valence-electron chi connectivity index (χ4n) is 20.1. The predicted octanol–water partition coefficient (Wildman–Crippen LogP) is 12.8. The topological polar surface area (TPSA) is 425 Å². The number of ether oxygens (including phenoxy) is 3. The summed E-state index contributed by atoms with van der Waals surface area (Å²) in [5.41, 5.74) is 14.9. The number of halogens is 1. The number of thiazole rings is 5. The fourth-order valence-corrected chi connectivity index (χ4v) is 24.2. The van der Waals surface area contributed by atoms with Crippen molar-refractivity contribution >= 4 is 195 Å². The molecule has 4 unspecified atom stereocenters. The summed E-state index contributed by atoms with van der Waals surface area (Å²) >= 11 is 6.45. The first-order valence-electron chi connectivity index (χ1n) is 49.6. The number of piperazine rings is 1. The SMILES string of the molecule is CN1CCN(CCC2CN(c3ncnc4sc(C(=O)NC5CCOCC5)nc34)c3ccccc32)CC1.CNC(=O)c1nc2c(N3CC(C)c4ccccc43)ncnc2s1.CNC(=O)c1nc2c(N3CC(CCO)c4ccccc43)ncnc2s1.CNCCCNC(=O)c1nc2c(N3CCc4cc(F)ccc43)ncnc2s1.O=C(NC1CCOCC1)c1nc2c(N3CC(CCN4CCOCC4)c4ccccc43)ncnc2s1. The Kier molecular flexibility index (Phi) is 31.8. The Morgan fingerprint density at radius 2 is 0.760 bits per heavy atom. The Labute approximate surface area is 861 Å². The van der Waals surface area contributed by atoms with Crippen molar-refractivity contribution in [1.82, 2.24) is 121 Å². The van der Waals surface area contributed by atoms with Gasteiger partial charge in [-0.15, -0.1) is 0 Å². The summed E-state index contributed by atoms with van der Waals surface area (Å²) in [4.78, 5) is 151. The molecule has 24 rings (SSSR count). The zero-order valence-corrected chi connectivity index (χ0v) is 85.7. The maximum atomic E-state index is 13.5. The fraction of sp³-hybridized carbons (Fsp3) is 0.412. The summed E-state index contributed by atoms with van der Waals surface area (Å²) in [6.07, 6.45) is 15.5. The van der Waals surface area contributed by atoms with E-state index >= 15 is 0 Å². The number of likely N-dealkylation sites (N-methyl/N-ethyl adjacent to an activating group) is 1. The molecule has 0 bridgehead atoms. The number of nitrogens with one attached hydrogen (secondary N) is 6. The van der Waals surface area contributed by atoms with Crippen LogP contribution in [-0.2, 0) is 20.6 Å². The van der Waals surface area contributed by atoms with E-state index in [0.29, 0.717) is 138 Å². The van der Waals surface area contributed by atoms with Gasteiger partial charge in [-0.05, 0) is 162 Å². The number of carbonyl (C=O) groups excluding carboxylic acids is 5. The highest BCUT2D eigenvalue weighted by atomic mass is 32.1. The number of fused-ring (bicyclic) bond motifs is 10. The number of benzene rings is 5. The zero-order valence-electron chi connectivity index (χ0n) is 81.7. The number of anilines is 10. The Hall–Kier alpha value is -13.1. The molecule has 4 saturated heterocycles. The lowest BCUT2D eigenvalue weighted by Gasteiger charge is -2.33. The maximum Gasteiger partial charge on any atom is 0.280 e. The number of amides is 5. The second kappa shape index (κ2) is 46.3. The van der Waals surface area contributed by atoms with Gasteiger partial charge in [-0.2, -0.15) is 0 Å². The van der Waals surface area contributed by atoms with Gasteiger partial charge in [0.1, 0.15) is 89.2 Å². The normalized spacial score (nSPS) is 18.3. The van der Waals surface area contributed by atoms with Crippen LogP contribution in [0.5, 0.6) is 0 Å². The molecule has 4 fully saturated rings. The predicted molar refractivity (Wildman–Crippen MR) is 566 cm³/mol. The van der Waals surface area contributed by atoms with Crippen LogP contribution in [0, 0.1) is 5.82 Å². The molecule has 44 heteroatoms. The largest absolute Gasteiger partial charge is 0.396 e. The van der Waals surface area contributed by atoms with Crippen molar-refractivity contribution in [3.05, 3.63) is 206 Å². The molecule has 38 nitrogen and oxygen atoms in total. The number of hydrogen-bond acceptors (Lipinski definition) is 38. The van der Waals surface area contributed by atoms with Crippen molar-refractivity contribution in [2.45, 2.75) is 100 Å². The summed E-state index contributed by atoms with van der Waals surface area (Å²) in [5, 5.41) is 28.7. The monoisotopic (exact) mass is 2070 g/mol. The summed E-state index contributed by atoms with van der Waals surface area (Å²) in [7, 11) is 7.25. The summed E-state index contributed by atoms with van der Waals surface area (Å²) in [6.45, 7) is 20.8. The summed E-state index contributed by atoms with van der Waals surface area (Å²) in [6, 6.07) is 38.7. The third-order valence-electron chi connectivity index (χ3n) is 27.7. The van der Waals surface area contributed by atoms with Gasteiger partial charge in [0.05, 0.1) is 13.2 Å². The number of para-hydroxylation sites is 4. The Balaban J connectivity index is 0.000000112. The van der Waals surface area contributed by atoms with Crippen LogP contribution in [0.15, 0.2) is 147 Å². The van der Waals surface area contributed by atoms with Crippen molar-refractivity contribution in [2.24, 2.45) is 0 Å². The second-order valence-corrected chi connectivity index (χ2v) is 41.9. The van der Waals surface area contributed by atoms with E-state index in [0.717, 1.165) is 204 Å². The van der Waals surface area contributed by atoms with E-state index in [1.54, 1.807) is 38.9 Å². The van der Waals surface area contributed by atoms with Crippen LogP contribution < -0.4 is 56.4 Å². The molecule has 5 amide bonds. The molecule has 146 heavy (non-hydrogen) atoms. The zero-order chi connectivity index (χ0) is 100. The molecule has 758 valence electrons. The molecule has 0 aliphatic carbocycles. The quantitative estimate of drug-likeness (QED) is 0.0276. The highest BCUT2D eigenvalue weighted by Crippen LogP contribution is 2.49. The first kappa shape index (κ1) is 100. The van der Waals surface area contributed by atoms with Gasteiger partial charge in [0, 0.05) is 190 Å². The van der Waals surface area contributed by atoms with Crippen molar-refractivity contribution in [3.8, 4) is 0 Å². The van der Waals surface area contributed by atoms with E-state index in [-0.39, 0.29) is 60.0 Å². The van der Waals surface area contributed by atoms with Crippen molar-refractivity contribution in [3.63, 3.8) is 0 Å². The number of carbonyl (C=O) groups is 5. The first-order valence-corrected chi connectivity index (χ1v) is 53.6. The number of hydrogen-bond donors (Lipinski definition) is 7. The van der Waals surface area contributed by atoms with Gasteiger partial charge >= 0.3 is 0 Å². The minimum absolute atomic E-state index is 0.131. The molecule has 9 aliphatic rings. The minimum Gasteiger partial charge on any atom is -0.396 e. The van der Waals surface area contributed by atoms with Crippen molar-refractivity contribution in [2.75, 3.05) is 197 Å². The summed E-state index contributed by atoms with van der Waals surface area (Å²) in [5.74, 6) is 4.03. The first-order chi connectivity index (χ1) is 71.5. The van der Waals surface area contributed by atoms with E-state index in [1.807, 2.05) is 36.2 Å². The maximum absolute atomic E-state index is 13.5. The molecule has 7 N–H and O–H groups in total. The van der Waals surface area contributed by atoms with Gasteiger partial charge in [-0.25, -0.2) is 79.2 Å². The van der Waals surface area contributed by atoms with Crippen LogP contribution in [-0.4, -0.2) is 309 Å². The van der Waals surface area contributed by atoms with Gasteiger partial charge in [0.2, 0.25) is 0 Å². The molecule has 15 aromatic rings. The molecule has 5 aromatic carbocycles. The number of aliphatic hydroxyl groups excluding tert-OH is 1. The van der Waals surface area contributed by atoms with Crippen LogP contribution in [0.2, 0.25) is 0 Å². The standard InChI is InChI=1S/C26H33N7O2S.C25H30N6O3S.C18H19FN6OS.C17H17N5O2S.C16H15N5OS/c1-31-10-12-32(13-11-31)9-6-18-16-33(21-5-3-2-4-20(18)21)23-22-25(28-17-27-23)36-26(30-22)24(34)29-19-7-14-35-15-8-19;32-23(28-18-6-11-33-12-7-18)25-29-21-22(26-16-27-24(21)35-25)31-15-17(19-3-1-2-4-20(19)31)5-8-30-9-13-34-14-10-30;1-20-6-2-7-21-16(26)18-24-14-15(22-10-23-17(14)27-18)25-8-5-11-9-12(19)3-4-13(11)25;1-18-15(24)17-21-13-14(19-9-20-16(13)25-17)22-8-10(6-7-23)11-4-2-3-5-12(11)22;1-9-7-21(11-6-4-3-5-10(9)11)13-12-15(19-8-18-13)23-16(20-12)14(22)17-2/h2-5,17-19H,6-16H2,1H3,(H,29,34);1-4,16-18H,5-15H2,(H,28,32);3-4,9-10,20H,2,5-8H2,1H3,(H,21,26);2-5,9-10,23H,6-8H2,1H3,(H,18,24);3-6,8-9H,7H2,1-2H3,(H,17,22). The second-order valence-electron chi connectivity index (χ2n) is 37.0. The third-order valence-corrected chi connectivity index (χ3v) is 32.5. The highest BCUT2D eigenvalue weighted by Gasteiger charge is 2.39. The lowest BCUT2D eigenvalue weighted by Crippen LogP contribution is -2.44. The van der Waals surface area contributed by atoms with Gasteiger partial charge in [0.25, 0.3) is 29.5 Å². The van der Waals surface area contributed by atoms with Crippen molar-refractivity contribution in [1.29, 1.82) is 0 Å². The molecule has 9 aliphatic heterocycles. The lowest BCUT2D eigenvalue weighted by molar-refractivity contribution is 0.0367. The lowest BCUT2D eigenvalue weighted by atomic mass is 9.97.